The second-order valence-corrected chi connectivity index (χ2v) is 5.33. The molecule has 0 aromatic rings. The molecule has 0 spiro atoms. The van der Waals surface area contributed by atoms with Crippen molar-refractivity contribution in [3.05, 3.63) is 0 Å². The quantitative estimate of drug-likeness (QED) is 0.641. The highest BCUT2D eigenvalue weighted by Crippen LogP contribution is 2.22. The fourth-order valence-electron chi connectivity index (χ4n) is 2.25. The van der Waals surface area contributed by atoms with Crippen LogP contribution in [0.1, 0.15) is 39.5 Å². The minimum Gasteiger partial charge on any atom is -0.368 e. The molecular formula is C14H28ClN3O3. The van der Waals surface area contributed by atoms with Crippen LogP contribution in [0.2, 0.25) is 0 Å². The van der Waals surface area contributed by atoms with Crippen LogP contribution in [-0.4, -0.2) is 50.2 Å². The van der Waals surface area contributed by atoms with E-state index in [0.29, 0.717) is 25.8 Å². The number of amides is 2. The Balaban J connectivity index is 0.00000400. The van der Waals surface area contributed by atoms with Crippen LogP contribution in [0.5, 0.6) is 0 Å². The summed E-state index contributed by atoms with van der Waals surface area (Å²) in [6, 6.07) is 0.174. The molecule has 1 atom stereocenters. The highest BCUT2D eigenvalue weighted by Gasteiger charge is 2.39. The molecule has 1 heterocycles. The van der Waals surface area contributed by atoms with Gasteiger partial charge in [-0.25, -0.2) is 0 Å². The van der Waals surface area contributed by atoms with Crippen LogP contribution in [-0.2, 0) is 14.3 Å². The molecule has 1 aliphatic rings. The molecule has 3 N–H and O–H groups in total. The van der Waals surface area contributed by atoms with Gasteiger partial charge >= 0.3 is 0 Å². The number of methoxy groups -OCH3 is 1. The van der Waals surface area contributed by atoms with E-state index < -0.39 is 5.60 Å². The monoisotopic (exact) mass is 321 g/mol. The predicted octanol–water partition coefficient (Wildman–Crippen LogP) is 0.598. The standard InChI is InChI=1S/C14H27N3O3.ClH/c1-4-11(2)17-12(18)5-8-16-13(19)14(20-3)6-9-15-10-7-14;/h11,15H,4-10H2,1-3H3,(H,16,19)(H,17,18);1H. The second kappa shape index (κ2) is 9.97. The third-order valence-electron chi connectivity index (χ3n) is 3.87. The number of rotatable bonds is 7. The van der Waals surface area contributed by atoms with E-state index >= 15 is 0 Å². The average Bonchev–Trinajstić information content (AvgIpc) is 2.47. The summed E-state index contributed by atoms with van der Waals surface area (Å²) in [7, 11) is 1.57. The van der Waals surface area contributed by atoms with E-state index in [9.17, 15) is 9.59 Å². The molecule has 1 unspecified atom stereocenters. The van der Waals surface area contributed by atoms with Gasteiger partial charge in [0.05, 0.1) is 0 Å². The summed E-state index contributed by atoms with van der Waals surface area (Å²) in [5.74, 6) is -0.144. The Morgan fingerprint density at radius 2 is 1.95 bits per heavy atom. The number of nitrogens with one attached hydrogen (secondary N) is 3. The van der Waals surface area contributed by atoms with Crippen molar-refractivity contribution < 1.29 is 14.3 Å². The van der Waals surface area contributed by atoms with Gasteiger partial charge in [0, 0.05) is 26.1 Å². The average molecular weight is 322 g/mol. The first kappa shape index (κ1) is 20.1. The second-order valence-electron chi connectivity index (χ2n) is 5.33. The van der Waals surface area contributed by atoms with Crippen LogP contribution in [0.25, 0.3) is 0 Å². The van der Waals surface area contributed by atoms with E-state index in [0.717, 1.165) is 19.5 Å². The van der Waals surface area contributed by atoms with Crippen molar-refractivity contribution in [2.45, 2.75) is 51.2 Å². The van der Waals surface area contributed by atoms with Gasteiger partial charge < -0.3 is 20.7 Å². The van der Waals surface area contributed by atoms with Crippen LogP contribution in [0.15, 0.2) is 0 Å². The number of ether oxygens (including phenoxy) is 1. The number of carbonyl (C=O) groups is 2. The number of piperidine rings is 1. The van der Waals surface area contributed by atoms with Crippen LogP contribution in [0.4, 0.5) is 0 Å². The Morgan fingerprint density at radius 1 is 1.33 bits per heavy atom. The van der Waals surface area contributed by atoms with Crippen molar-refractivity contribution >= 4 is 24.2 Å². The van der Waals surface area contributed by atoms with Gasteiger partial charge in [0.25, 0.3) is 5.91 Å². The lowest BCUT2D eigenvalue weighted by Gasteiger charge is -2.34. The smallest absolute Gasteiger partial charge is 0.252 e. The van der Waals surface area contributed by atoms with Gasteiger partial charge in [-0.1, -0.05) is 6.92 Å². The van der Waals surface area contributed by atoms with Crippen molar-refractivity contribution in [3.8, 4) is 0 Å². The number of halogens is 1. The Kier molecular flexibility index (Phi) is 9.57. The van der Waals surface area contributed by atoms with Crippen LogP contribution >= 0.6 is 12.4 Å². The fourth-order valence-corrected chi connectivity index (χ4v) is 2.25. The first-order valence-electron chi connectivity index (χ1n) is 7.37. The van der Waals surface area contributed by atoms with Gasteiger partial charge in [0.1, 0.15) is 5.60 Å². The summed E-state index contributed by atoms with van der Waals surface area (Å²) < 4.78 is 5.43. The first-order chi connectivity index (χ1) is 9.54. The molecule has 0 aromatic carbocycles. The Morgan fingerprint density at radius 3 is 2.48 bits per heavy atom. The lowest BCUT2D eigenvalue weighted by Crippen LogP contribution is -2.54. The summed E-state index contributed by atoms with van der Waals surface area (Å²) in [5.41, 5.74) is -0.738. The maximum Gasteiger partial charge on any atom is 0.252 e. The van der Waals surface area contributed by atoms with Crippen LogP contribution in [0.3, 0.4) is 0 Å². The molecule has 1 saturated heterocycles. The SMILES string of the molecule is CCC(C)NC(=O)CCNC(=O)C1(OC)CCNCC1.Cl. The van der Waals surface area contributed by atoms with E-state index in [4.69, 9.17) is 4.74 Å². The van der Waals surface area contributed by atoms with E-state index in [1.165, 1.54) is 0 Å². The van der Waals surface area contributed by atoms with Crippen molar-refractivity contribution in [1.82, 2.24) is 16.0 Å². The van der Waals surface area contributed by atoms with Gasteiger partial charge in [0.15, 0.2) is 0 Å². The van der Waals surface area contributed by atoms with Crippen LogP contribution < -0.4 is 16.0 Å². The van der Waals surface area contributed by atoms with Gasteiger partial charge in [-0.2, -0.15) is 0 Å². The zero-order valence-corrected chi connectivity index (χ0v) is 14.0. The molecule has 2 amide bonds. The lowest BCUT2D eigenvalue weighted by atomic mass is 9.91. The highest BCUT2D eigenvalue weighted by molar-refractivity contribution is 5.86. The molecular weight excluding hydrogens is 294 g/mol. The Labute approximate surface area is 133 Å². The van der Waals surface area contributed by atoms with Gasteiger partial charge in [-0.15, -0.1) is 12.4 Å². The predicted molar refractivity (Wildman–Crippen MR) is 84.6 cm³/mol. The first-order valence-corrected chi connectivity index (χ1v) is 7.37. The molecule has 1 fully saturated rings. The maximum absolute atomic E-state index is 12.2. The van der Waals surface area contributed by atoms with E-state index in [-0.39, 0.29) is 30.3 Å². The van der Waals surface area contributed by atoms with E-state index in [1.54, 1.807) is 7.11 Å². The third-order valence-corrected chi connectivity index (χ3v) is 3.87. The molecule has 0 aliphatic carbocycles. The lowest BCUT2D eigenvalue weighted by molar-refractivity contribution is -0.146. The topological polar surface area (TPSA) is 79.5 Å². The normalized spacial score (nSPS) is 18.2. The highest BCUT2D eigenvalue weighted by atomic mass is 35.5. The van der Waals surface area contributed by atoms with Crippen molar-refractivity contribution in [2.75, 3.05) is 26.7 Å². The Hall–Kier alpha value is -0.850. The zero-order valence-electron chi connectivity index (χ0n) is 13.2. The third kappa shape index (κ3) is 6.20. The Bertz CT molecular complexity index is 333. The number of carbonyl (C=O) groups excluding carboxylic acids is 2. The molecule has 0 saturated carbocycles. The molecule has 1 rings (SSSR count). The number of hydrogen-bond acceptors (Lipinski definition) is 4. The summed E-state index contributed by atoms with van der Waals surface area (Å²) in [6.07, 6.45) is 2.52. The van der Waals surface area contributed by atoms with Gasteiger partial charge in [-0.05, 0) is 39.3 Å². The van der Waals surface area contributed by atoms with Crippen LogP contribution in [0, 0.1) is 0 Å². The van der Waals surface area contributed by atoms with Crippen molar-refractivity contribution in [1.29, 1.82) is 0 Å². The molecule has 6 nitrogen and oxygen atoms in total. The zero-order chi connectivity index (χ0) is 15.0. The summed E-state index contributed by atoms with van der Waals surface area (Å²) in [4.78, 5) is 23.8. The molecule has 0 aromatic heterocycles. The summed E-state index contributed by atoms with van der Waals surface area (Å²) in [6.45, 7) is 5.88. The van der Waals surface area contributed by atoms with Gasteiger partial charge in [0.2, 0.25) is 5.91 Å². The molecule has 0 radical (unpaired) electrons. The molecule has 124 valence electrons. The molecule has 7 heteroatoms. The molecule has 1 aliphatic heterocycles. The summed E-state index contributed by atoms with van der Waals surface area (Å²) >= 11 is 0. The van der Waals surface area contributed by atoms with E-state index in [1.807, 2.05) is 13.8 Å². The molecule has 0 bridgehead atoms. The van der Waals surface area contributed by atoms with E-state index in [2.05, 4.69) is 16.0 Å². The molecule has 21 heavy (non-hydrogen) atoms. The van der Waals surface area contributed by atoms with Gasteiger partial charge in [-0.3, -0.25) is 9.59 Å². The van der Waals surface area contributed by atoms with Crippen molar-refractivity contribution in [3.63, 3.8) is 0 Å². The van der Waals surface area contributed by atoms with Crippen molar-refractivity contribution in [2.24, 2.45) is 0 Å². The minimum atomic E-state index is -0.738. The minimum absolute atomic E-state index is 0. The largest absolute Gasteiger partial charge is 0.368 e. The summed E-state index contributed by atoms with van der Waals surface area (Å²) in [5, 5.41) is 8.90. The fraction of sp³-hybridized carbons (Fsp3) is 0.857. The maximum atomic E-state index is 12.2. The number of hydrogen-bond donors (Lipinski definition) is 3.